The van der Waals surface area contributed by atoms with Crippen LogP contribution in [0.2, 0.25) is 0 Å². The molecule has 0 bridgehead atoms. The van der Waals surface area contributed by atoms with E-state index in [0.717, 1.165) is 11.1 Å². The van der Waals surface area contributed by atoms with Gasteiger partial charge in [0.25, 0.3) is 0 Å². The van der Waals surface area contributed by atoms with E-state index in [-0.39, 0.29) is 39.1 Å². The van der Waals surface area contributed by atoms with Gasteiger partial charge in [0, 0.05) is 16.9 Å². The molecule has 0 spiro atoms. The first-order chi connectivity index (χ1) is 12.2. The fourth-order valence-corrected chi connectivity index (χ4v) is 2.80. The van der Waals surface area contributed by atoms with E-state index in [1.807, 2.05) is 41.5 Å². The summed E-state index contributed by atoms with van der Waals surface area (Å²) in [6.07, 6.45) is 0. The summed E-state index contributed by atoms with van der Waals surface area (Å²) in [6.45, 7) is 12.0. The molecule has 2 aromatic rings. The van der Waals surface area contributed by atoms with Crippen molar-refractivity contribution in [2.24, 2.45) is 0 Å². The number of anilines is 2. The summed E-state index contributed by atoms with van der Waals surface area (Å²) in [4.78, 5) is 25.5. The molecule has 0 heterocycles. The molecule has 0 unspecified atom stereocenters. The molecular weight excluding hydrogens is 340 g/mol. The van der Waals surface area contributed by atoms with Gasteiger partial charge in [-0.15, -0.1) is 0 Å². The Labute approximate surface area is 160 Å². The number of rotatable bonds is 3. The van der Waals surface area contributed by atoms with Crippen molar-refractivity contribution in [3.8, 4) is 5.75 Å². The van der Waals surface area contributed by atoms with Crippen LogP contribution in [0, 0.1) is 0 Å². The monoisotopic (exact) mass is 368 g/mol. The second-order valence-electron chi connectivity index (χ2n) is 8.92. The van der Waals surface area contributed by atoms with Gasteiger partial charge in [-0.3, -0.25) is 9.59 Å². The number of phenols is 1. The molecule has 5 nitrogen and oxygen atoms in total. The molecule has 27 heavy (non-hydrogen) atoms. The number of carbonyl (C=O) groups excluding carboxylic acids is 2. The van der Waals surface area contributed by atoms with Gasteiger partial charge in [0.2, 0.25) is 11.6 Å². The average Bonchev–Trinajstić information content (AvgIpc) is 2.51. The highest BCUT2D eigenvalue weighted by Gasteiger charge is 2.28. The third-order valence-electron chi connectivity index (χ3n) is 4.61. The average molecular weight is 368 g/mol. The summed E-state index contributed by atoms with van der Waals surface area (Å²) in [5.74, 6) is -1.97. The van der Waals surface area contributed by atoms with Crippen LogP contribution < -0.4 is 11.5 Å². The van der Waals surface area contributed by atoms with Crippen molar-refractivity contribution in [1.29, 1.82) is 0 Å². The first kappa shape index (κ1) is 20.5. The van der Waals surface area contributed by atoms with E-state index in [4.69, 9.17) is 11.5 Å². The van der Waals surface area contributed by atoms with E-state index in [1.165, 1.54) is 6.07 Å². The second-order valence-corrected chi connectivity index (χ2v) is 8.92. The van der Waals surface area contributed by atoms with Crippen molar-refractivity contribution < 1.29 is 14.7 Å². The highest BCUT2D eigenvalue weighted by atomic mass is 16.3. The van der Waals surface area contributed by atoms with Crippen LogP contribution in [0.25, 0.3) is 0 Å². The molecule has 144 valence electrons. The van der Waals surface area contributed by atoms with E-state index in [9.17, 15) is 14.7 Å². The number of ketones is 2. The van der Waals surface area contributed by atoms with Crippen LogP contribution >= 0.6 is 0 Å². The van der Waals surface area contributed by atoms with Gasteiger partial charge in [-0.1, -0.05) is 47.6 Å². The van der Waals surface area contributed by atoms with E-state index in [1.54, 1.807) is 24.3 Å². The van der Waals surface area contributed by atoms with Gasteiger partial charge < -0.3 is 16.6 Å². The van der Waals surface area contributed by atoms with E-state index in [2.05, 4.69) is 0 Å². The molecule has 0 aliphatic heterocycles. The SMILES string of the molecule is CC(C)(C)c1ccc(C(=O)C(=O)c2c(N)cc(C(C)(C)C)cc2O)c(N)c1. The molecule has 0 saturated carbocycles. The fraction of sp³-hybridized carbons (Fsp3) is 0.364. The molecule has 0 amide bonds. The predicted octanol–water partition coefficient (Wildman–Crippen LogP) is 4.22. The molecule has 0 atom stereocenters. The normalized spacial score (nSPS) is 12.1. The molecule has 0 aliphatic carbocycles. The van der Waals surface area contributed by atoms with Crippen molar-refractivity contribution >= 4 is 22.9 Å². The lowest BCUT2D eigenvalue weighted by Crippen LogP contribution is -2.20. The molecule has 2 aromatic carbocycles. The maximum Gasteiger partial charge on any atom is 0.239 e. The van der Waals surface area contributed by atoms with Crippen molar-refractivity contribution in [3.05, 3.63) is 52.6 Å². The van der Waals surface area contributed by atoms with Gasteiger partial charge in [0.05, 0.1) is 5.56 Å². The van der Waals surface area contributed by atoms with E-state index < -0.39 is 11.6 Å². The maximum atomic E-state index is 12.7. The number of carbonyl (C=O) groups is 2. The number of nitrogen functional groups attached to an aromatic ring is 2. The summed E-state index contributed by atoms with van der Waals surface area (Å²) < 4.78 is 0. The Balaban J connectivity index is 2.46. The largest absolute Gasteiger partial charge is 0.507 e. The van der Waals surface area contributed by atoms with Crippen LogP contribution in [-0.2, 0) is 10.8 Å². The minimum absolute atomic E-state index is 0.0724. The lowest BCUT2D eigenvalue weighted by molar-refractivity contribution is 0.0816. The zero-order valence-corrected chi connectivity index (χ0v) is 16.8. The summed E-state index contributed by atoms with van der Waals surface area (Å²) in [7, 11) is 0. The van der Waals surface area contributed by atoms with Gasteiger partial charge in [0.1, 0.15) is 5.75 Å². The lowest BCUT2D eigenvalue weighted by atomic mass is 9.84. The summed E-state index contributed by atoms with van der Waals surface area (Å²) in [5.41, 5.74) is 13.6. The highest BCUT2D eigenvalue weighted by molar-refractivity contribution is 6.51. The smallest absolute Gasteiger partial charge is 0.239 e. The standard InChI is InChI=1S/C22H28N2O3/c1-21(2,3)12-7-8-14(15(23)9-12)19(26)20(27)18-16(24)10-13(11-17(18)25)22(4,5)6/h7-11,25H,23-24H2,1-6H3. The third-order valence-corrected chi connectivity index (χ3v) is 4.61. The Morgan fingerprint density at radius 3 is 1.74 bits per heavy atom. The number of nitrogens with two attached hydrogens (primary N) is 2. The van der Waals surface area contributed by atoms with Crippen LogP contribution in [0.5, 0.6) is 5.75 Å². The summed E-state index contributed by atoms with van der Waals surface area (Å²) >= 11 is 0. The second kappa shape index (κ2) is 6.72. The number of aromatic hydroxyl groups is 1. The zero-order valence-electron chi connectivity index (χ0n) is 16.8. The van der Waals surface area contributed by atoms with Crippen molar-refractivity contribution in [2.45, 2.75) is 52.4 Å². The lowest BCUT2D eigenvalue weighted by Gasteiger charge is -2.21. The Bertz CT molecular complexity index is 893. The predicted molar refractivity (Wildman–Crippen MR) is 109 cm³/mol. The summed E-state index contributed by atoms with van der Waals surface area (Å²) in [6, 6.07) is 8.12. The topological polar surface area (TPSA) is 106 Å². The van der Waals surface area contributed by atoms with Crippen molar-refractivity contribution in [2.75, 3.05) is 11.5 Å². The molecule has 0 aliphatic rings. The first-order valence-corrected chi connectivity index (χ1v) is 8.85. The fourth-order valence-electron chi connectivity index (χ4n) is 2.80. The number of Topliss-reactive ketones (excluding diaryl/α,β-unsaturated/α-hetero) is 2. The number of hydrogen-bond donors (Lipinski definition) is 3. The zero-order chi connectivity index (χ0) is 20.7. The Morgan fingerprint density at radius 1 is 0.778 bits per heavy atom. The molecule has 0 aromatic heterocycles. The molecule has 5 heteroatoms. The van der Waals surface area contributed by atoms with Gasteiger partial charge in [0.15, 0.2) is 0 Å². The molecule has 0 saturated heterocycles. The number of phenolic OH excluding ortho intramolecular Hbond substituents is 1. The Kier molecular flexibility index (Phi) is 5.10. The van der Waals surface area contributed by atoms with Crippen LogP contribution in [0.4, 0.5) is 11.4 Å². The molecule has 0 radical (unpaired) electrons. The van der Waals surface area contributed by atoms with Crippen molar-refractivity contribution in [1.82, 2.24) is 0 Å². The van der Waals surface area contributed by atoms with Gasteiger partial charge >= 0.3 is 0 Å². The maximum absolute atomic E-state index is 12.7. The molecule has 0 fully saturated rings. The Morgan fingerprint density at radius 2 is 1.30 bits per heavy atom. The summed E-state index contributed by atoms with van der Waals surface area (Å²) in [5, 5.41) is 10.3. The number of hydrogen-bond acceptors (Lipinski definition) is 5. The minimum atomic E-state index is -0.874. The third kappa shape index (κ3) is 4.13. The van der Waals surface area contributed by atoms with Gasteiger partial charge in [-0.25, -0.2) is 0 Å². The van der Waals surface area contributed by atoms with Gasteiger partial charge in [-0.2, -0.15) is 0 Å². The van der Waals surface area contributed by atoms with Gasteiger partial charge in [-0.05, 0) is 46.2 Å². The molecule has 2 rings (SSSR count). The van der Waals surface area contributed by atoms with E-state index >= 15 is 0 Å². The quantitative estimate of drug-likeness (QED) is 0.427. The van der Waals surface area contributed by atoms with E-state index in [0.29, 0.717) is 0 Å². The Hall–Kier alpha value is -2.82. The van der Waals surface area contributed by atoms with Crippen LogP contribution in [0.3, 0.4) is 0 Å². The minimum Gasteiger partial charge on any atom is -0.507 e. The van der Waals surface area contributed by atoms with Crippen molar-refractivity contribution in [3.63, 3.8) is 0 Å². The van der Waals surface area contributed by atoms with Crippen LogP contribution in [-0.4, -0.2) is 16.7 Å². The molecule has 5 N–H and O–H groups in total. The first-order valence-electron chi connectivity index (χ1n) is 8.85. The highest BCUT2D eigenvalue weighted by Crippen LogP contribution is 2.33. The number of benzene rings is 2. The van der Waals surface area contributed by atoms with Crippen LogP contribution in [0.15, 0.2) is 30.3 Å². The van der Waals surface area contributed by atoms with Crippen LogP contribution in [0.1, 0.15) is 73.4 Å². The molecular formula is C22H28N2O3.